The van der Waals surface area contributed by atoms with E-state index in [1.165, 1.54) is 0 Å². The lowest BCUT2D eigenvalue weighted by molar-refractivity contribution is -0.155. The minimum Gasteiger partial charge on any atom is -0.368 e. The van der Waals surface area contributed by atoms with Gasteiger partial charge in [-0.15, -0.1) is 0 Å². The number of rotatable bonds is 1. The summed E-state index contributed by atoms with van der Waals surface area (Å²) < 4.78 is 5.37. The minimum absolute atomic E-state index is 0.0441. The Kier molecular flexibility index (Phi) is 2.88. The second kappa shape index (κ2) is 4.05. The number of carbonyl (C=O) groups excluding carboxylic acids is 2. The van der Waals surface area contributed by atoms with E-state index in [2.05, 4.69) is 5.32 Å². The third-order valence-corrected chi connectivity index (χ3v) is 3.32. The summed E-state index contributed by atoms with van der Waals surface area (Å²) >= 11 is 0. The van der Waals surface area contributed by atoms with Crippen molar-refractivity contribution in [1.29, 1.82) is 0 Å². The maximum Gasteiger partial charge on any atom is 0.252 e. The Hall–Kier alpha value is -1.10. The van der Waals surface area contributed by atoms with Gasteiger partial charge in [-0.3, -0.25) is 9.59 Å². The summed E-state index contributed by atoms with van der Waals surface area (Å²) in [7, 11) is 0. The molecule has 0 saturated carbocycles. The number of carbonyl (C=O) groups is 2. The van der Waals surface area contributed by atoms with Crippen molar-refractivity contribution in [1.82, 2.24) is 10.2 Å². The number of hydrogen-bond donors (Lipinski definition) is 1. The maximum atomic E-state index is 12.2. The van der Waals surface area contributed by atoms with E-state index in [1.807, 2.05) is 0 Å². The first-order chi connectivity index (χ1) is 7.53. The molecule has 2 fully saturated rings. The number of hydrogen-bond acceptors (Lipinski definition) is 3. The Bertz CT molecular complexity index is 308. The summed E-state index contributed by atoms with van der Waals surface area (Å²) in [6.07, 6.45) is 1.36. The summed E-state index contributed by atoms with van der Waals surface area (Å²) in [5.74, 6) is -0.137. The first-order valence-electron chi connectivity index (χ1n) is 5.75. The highest BCUT2D eigenvalue weighted by atomic mass is 16.5. The highest BCUT2D eigenvalue weighted by molar-refractivity contribution is 5.93. The molecule has 2 saturated heterocycles. The molecule has 2 aliphatic rings. The zero-order chi connectivity index (χ0) is 11.8. The van der Waals surface area contributed by atoms with E-state index >= 15 is 0 Å². The van der Waals surface area contributed by atoms with Gasteiger partial charge in [-0.25, -0.2) is 0 Å². The molecule has 2 rings (SSSR count). The second-order valence-electron chi connectivity index (χ2n) is 4.81. The van der Waals surface area contributed by atoms with Crippen LogP contribution >= 0.6 is 0 Å². The van der Waals surface area contributed by atoms with Gasteiger partial charge in [0.15, 0.2) is 0 Å². The topological polar surface area (TPSA) is 58.6 Å². The van der Waals surface area contributed by atoms with E-state index in [4.69, 9.17) is 4.74 Å². The molecule has 0 unspecified atom stereocenters. The van der Waals surface area contributed by atoms with Crippen LogP contribution in [0.5, 0.6) is 0 Å². The quantitative estimate of drug-likeness (QED) is 0.679. The number of piperazine rings is 1. The highest BCUT2D eigenvalue weighted by Crippen LogP contribution is 2.22. The molecule has 0 spiro atoms. The molecule has 2 heterocycles. The summed E-state index contributed by atoms with van der Waals surface area (Å²) in [5, 5.41) is 2.77. The largest absolute Gasteiger partial charge is 0.368 e. The van der Waals surface area contributed by atoms with Gasteiger partial charge in [-0.05, 0) is 26.7 Å². The molecule has 0 radical (unpaired) electrons. The van der Waals surface area contributed by atoms with Gasteiger partial charge in [0.05, 0.1) is 0 Å². The van der Waals surface area contributed by atoms with Crippen molar-refractivity contribution in [3.8, 4) is 0 Å². The number of amides is 2. The van der Waals surface area contributed by atoms with Crippen LogP contribution in [0.4, 0.5) is 0 Å². The fourth-order valence-electron chi connectivity index (χ4n) is 2.23. The van der Waals surface area contributed by atoms with E-state index in [0.717, 1.165) is 12.8 Å². The van der Waals surface area contributed by atoms with Crippen LogP contribution in [0.3, 0.4) is 0 Å². The molecule has 0 aromatic rings. The molecule has 0 aromatic heterocycles. The molecule has 0 aliphatic carbocycles. The van der Waals surface area contributed by atoms with Crippen LogP contribution in [0.15, 0.2) is 0 Å². The molecule has 2 aliphatic heterocycles. The van der Waals surface area contributed by atoms with Crippen molar-refractivity contribution in [3.63, 3.8) is 0 Å². The zero-order valence-corrected chi connectivity index (χ0v) is 9.78. The van der Waals surface area contributed by atoms with Gasteiger partial charge in [-0.2, -0.15) is 0 Å². The van der Waals surface area contributed by atoms with Gasteiger partial charge in [0.1, 0.15) is 11.6 Å². The lowest BCUT2D eigenvalue weighted by Gasteiger charge is -2.42. The molecule has 2 amide bonds. The predicted octanol–water partition coefficient (Wildman–Crippen LogP) is -0.0976. The van der Waals surface area contributed by atoms with Gasteiger partial charge in [0.25, 0.3) is 5.91 Å². The van der Waals surface area contributed by atoms with Crippen LogP contribution in [0.2, 0.25) is 0 Å². The van der Waals surface area contributed by atoms with E-state index in [0.29, 0.717) is 19.7 Å². The Labute approximate surface area is 95.1 Å². The normalized spacial score (nSPS) is 29.0. The van der Waals surface area contributed by atoms with Crippen LogP contribution in [-0.4, -0.2) is 48.1 Å². The van der Waals surface area contributed by atoms with Crippen LogP contribution in [0.25, 0.3) is 0 Å². The monoisotopic (exact) mass is 226 g/mol. The number of ether oxygens (including phenoxy) is 1. The first-order valence-corrected chi connectivity index (χ1v) is 5.75. The Morgan fingerprint density at radius 1 is 1.56 bits per heavy atom. The minimum atomic E-state index is -0.763. The van der Waals surface area contributed by atoms with Crippen molar-refractivity contribution >= 4 is 11.8 Å². The van der Waals surface area contributed by atoms with Crippen LogP contribution < -0.4 is 5.32 Å². The van der Waals surface area contributed by atoms with Gasteiger partial charge in [0.2, 0.25) is 5.91 Å². The fourth-order valence-corrected chi connectivity index (χ4v) is 2.23. The molecule has 5 heteroatoms. The molecule has 90 valence electrons. The van der Waals surface area contributed by atoms with Gasteiger partial charge in [0, 0.05) is 19.7 Å². The van der Waals surface area contributed by atoms with E-state index in [9.17, 15) is 9.59 Å². The predicted molar refractivity (Wildman–Crippen MR) is 57.8 cm³/mol. The van der Waals surface area contributed by atoms with Crippen molar-refractivity contribution in [3.05, 3.63) is 0 Å². The van der Waals surface area contributed by atoms with E-state index in [-0.39, 0.29) is 17.9 Å². The SMILES string of the molecule is CC1(C)C(=O)NCCN1C(=O)[C@H]1CCCO1. The molecular weight excluding hydrogens is 208 g/mol. The zero-order valence-electron chi connectivity index (χ0n) is 9.78. The maximum absolute atomic E-state index is 12.2. The lowest BCUT2D eigenvalue weighted by atomic mass is 9.97. The summed E-state index contributed by atoms with van der Waals surface area (Å²) in [4.78, 5) is 25.5. The van der Waals surface area contributed by atoms with Crippen molar-refractivity contribution in [2.24, 2.45) is 0 Å². The standard InChI is InChI=1S/C11H18N2O3/c1-11(2)10(15)12-5-6-13(11)9(14)8-4-3-7-16-8/h8H,3-7H2,1-2H3,(H,12,15)/t8-/m1/s1. The number of nitrogens with zero attached hydrogens (tertiary/aromatic N) is 1. The van der Waals surface area contributed by atoms with E-state index < -0.39 is 5.54 Å². The van der Waals surface area contributed by atoms with Crippen molar-refractivity contribution in [2.75, 3.05) is 19.7 Å². The number of nitrogens with one attached hydrogen (secondary N) is 1. The van der Waals surface area contributed by atoms with E-state index in [1.54, 1.807) is 18.7 Å². The molecular formula is C11H18N2O3. The molecule has 0 bridgehead atoms. The first kappa shape index (κ1) is 11.4. The van der Waals surface area contributed by atoms with Gasteiger partial charge >= 0.3 is 0 Å². The van der Waals surface area contributed by atoms with Crippen LogP contribution in [0.1, 0.15) is 26.7 Å². The average molecular weight is 226 g/mol. The van der Waals surface area contributed by atoms with Crippen LogP contribution in [0, 0.1) is 0 Å². The fraction of sp³-hybridized carbons (Fsp3) is 0.818. The third kappa shape index (κ3) is 1.80. The van der Waals surface area contributed by atoms with Gasteiger partial charge in [-0.1, -0.05) is 0 Å². The molecule has 0 aromatic carbocycles. The highest BCUT2D eigenvalue weighted by Gasteiger charge is 2.43. The Balaban J connectivity index is 2.12. The third-order valence-electron chi connectivity index (χ3n) is 3.32. The molecule has 1 atom stereocenters. The Morgan fingerprint density at radius 3 is 2.94 bits per heavy atom. The Morgan fingerprint density at radius 2 is 2.31 bits per heavy atom. The van der Waals surface area contributed by atoms with Gasteiger partial charge < -0.3 is 15.0 Å². The second-order valence-corrected chi connectivity index (χ2v) is 4.81. The molecule has 16 heavy (non-hydrogen) atoms. The summed E-state index contributed by atoms with van der Waals surface area (Å²) in [5.41, 5.74) is -0.763. The molecule has 1 N–H and O–H groups in total. The smallest absolute Gasteiger partial charge is 0.252 e. The summed E-state index contributed by atoms with van der Waals surface area (Å²) in [6.45, 7) is 5.29. The lowest BCUT2D eigenvalue weighted by Crippen LogP contribution is -2.64. The summed E-state index contributed by atoms with van der Waals surface area (Å²) in [6, 6.07) is 0. The van der Waals surface area contributed by atoms with Crippen molar-refractivity contribution in [2.45, 2.75) is 38.3 Å². The molecule has 5 nitrogen and oxygen atoms in total. The average Bonchev–Trinajstić information content (AvgIpc) is 2.74. The van der Waals surface area contributed by atoms with Crippen molar-refractivity contribution < 1.29 is 14.3 Å². The van der Waals surface area contributed by atoms with Crippen LogP contribution in [-0.2, 0) is 14.3 Å².